The Balaban J connectivity index is 1.29. The van der Waals surface area contributed by atoms with Gasteiger partial charge in [0.2, 0.25) is 5.88 Å². The van der Waals surface area contributed by atoms with Gasteiger partial charge in [-0.05, 0) is 42.0 Å². The second kappa shape index (κ2) is 11.5. The number of alkyl halides is 3. The Kier molecular flexibility index (Phi) is 7.81. The summed E-state index contributed by atoms with van der Waals surface area (Å²) < 4.78 is 82.8. The average molecular weight is 645 g/mol. The fourth-order valence-electron chi connectivity index (χ4n) is 5.31. The number of benzene rings is 2. The predicted molar refractivity (Wildman–Crippen MR) is 154 cm³/mol. The molecule has 1 aliphatic heterocycles. The first kappa shape index (κ1) is 30.6. The molecule has 234 valence electrons. The minimum atomic E-state index is -4.51. The highest BCUT2D eigenvalue weighted by molar-refractivity contribution is 7.11. The molecule has 8 nitrogen and oxygen atoms in total. The fraction of sp³-hybridized carbons (Fsp3) is 0.290. The van der Waals surface area contributed by atoms with Gasteiger partial charge in [0.25, 0.3) is 0 Å². The Labute approximate surface area is 257 Å². The average Bonchev–Trinajstić information content (AvgIpc) is 3.69. The lowest BCUT2D eigenvalue weighted by molar-refractivity contribution is -0.134. The number of rotatable bonds is 8. The maximum absolute atomic E-state index is 15.6. The lowest BCUT2D eigenvalue weighted by Gasteiger charge is -2.28. The minimum Gasteiger partial charge on any atom is -0.478 e. The molecule has 0 aliphatic carbocycles. The van der Waals surface area contributed by atoms with Gasteiger partial charge in [-0.25, -0.2) is 28.5 Å². The SMILES string of the molecule is CC1(C)COC[C@H]1n1c(Cc2cc(F)c(-c3cccc(OCc4ncc(C(F)(F)F)s4)n3)cc2F)nc2ccc(C(=O)O)cc21. The van der Waals surface area contributed by atoms with E-state index >= 15 is 8.78 Å². The van der Waals surface area contributed by atoms with Gasteiger partial charge >= 0.3 is 12.1 Å². The fourth-order valence-corrected chi connectivity index (χ4v) is 6.01. The van der Waals surface area contributed by atoms with E-state index in [1.54, 1.807) is 6.07 Å². The number of carbonyl (C=O) groups is 1. The molecule has 0 amide bonds. The molecule has 0 bridgehead atoms. The monoisotopic (exact) mass is 644 g/mol. The third-order valence-electron chi connectivity index (χ3n) is 7.63. The number of carboxylic acids is 1. The van der Waals surface area contributed by atoms with Gasteiger partial charge in [0.15, 0.2) is 0 Å². The van der Waals surface area contributed by atoms with Crippen molar-refractivity contribution in [2.24, 2.45) is 5.41 Å². The van der Waals surface area contributed by atoms with Crippen molar-refractivity contribution in [1.82, 2.24) is 19.5 Å². The summed E-state index contributed by atoms with van der Waals surface area (Å²) in [6.45, 7) is 4.54. The zero-order valence-electron chi connectivity index (χ0n) is 23.9. The smallest absolute Gasteiger partial charge is 0.427 e. The summed E-state index contributed by atoms with van der Waals surface area (Å²) in [6, 6.07) is 10.8. The van der Waals surface area contributed by atoms with Crippen LogP contribution in [0.1, 0.15) is 51.5 Å². The third-order valence-corrected chi connectivity index (χ3v) is 8.65. The summed E-state index contributed by atoms with van der Waals surface area (Å²) in [7, 11) is 0. The Morgan fingerprint density at radius 3 is 2.62 bits per heavy atom. The zero-order chi connectivity index (χ0) is 32.1. The summed E-state index contributed by atoms with van der Waals surface area (Å²) >= 11 is 0.440. The van der Waals surface area contributed by atoms with Gasteiger partial charge < -0.3 is 19.1 Å². The highest BCUT2D eigenvalue weighted by Gasteiger charge is 2.39. The van der Waals surface area contributed by atoms with Gasteiger partial charge in [0.05, 0.1) is 47.7 Å². The van der Waals surface area contributed by atoms with E-state index in [9.17, 15) is 23.1 Å². The molecule has 2 aromatic carbocycles. The van der Waals surface area contributed by atoms with Crippen LogP contribution >= 0.6 is 11.3 Å². The highest BCUT2D eigenvalue weighted by atomic mass is 32.1. The van der Waals surface area contributed by atoms with Gasteiger partial charge in [-0.2, -0.15) is 13.2 Å². The number of fused-ring (bicyclic) bond motifs is 1. The summed E-state index contributed by atoms with van der Waals surface area (Å²) in [5.74, 6) is -2.15. The molecule has 3 aromatic heterocycles. The molecule has 5 aromatic rings. The molecule has 4 heterocycles. The topological polar surface area (TPSA) is 99.4 Å². The van der Waals surface area contributed by atoms with Gasteiger partial charge in [-0.1, -0.05) is 19.9 Å². The van der Waals surface area contributed by atoms with Crippen molar-refractivity contribution in [2.45, 2.75) is 39.1 Å². The number of ether oxygens (including phenoxy) is 2. The van der Waals surface area contributed by atoms with E-state index in [0.717, 1.165) is 18.3 Å². The van der Waals surface area contributed by atoms with Crippen LogP contribution in [0.15, 0.2) is 54.7 Å². The third kappa shape index (κ3) is 6.12. The second-order valence-electron chi connectivity index (χ2n) is 11.3. The van der Waals surface area contributed by atoms with E-state index in [0.29, 0.717) is 41.4 Å². The Hall–Kier alpha value is -4.43. The van der Waals surface area contributed by atoms with E-state index < -0.39 is 28.7 Å². The molecule has 0 spiro atoms. The van der Waals surface area contributed by atoms with E-state index in [1.807, 2.05) is 18.4 Å². The molecule has 1 fully saturated rings. The van der Waals surface area contributed by atoms with Crippen LogP contribution in [0.25, 0.3) is 22.3 Å². The number of nitrogens with zero attached hydrogens (tertiary/aromatic N) is 4. The normalized spacial score (nSPS) is 16.4. The van der Waals surface area contributed by atoms with Crippen LogP contribution in [0.4, 0.5) is 22.0 Å². The number of hydrogen-bond acceptors (Lipinski definition) is 7. The maximum Gasteiger partial charge on any atom is 0.427 e. The lowest BCUT2D eigenvalue weighted by Crippen LogP contribution is -2.27. The van der Waals surface area contributed by atoms with E-state index in [-0.39, 0.29) is 57.8 Å². The van der Waals surface area contributed by atoms with Crippen molar-refractivity contribution in [2.75, 3.05) is 13.2 Å². The van der Waals surface area contributed by atoms with Crippen LogP contribution < -0.4 is 4.74 Å². The Morgan fingerprint density at radius 2 is 1.93 bits per heavy atom. The number of aromatic carboxylic acids is 1. The van der Waals surface area contributed by atoms with Crippen molar-refractivity contribution in [1.29, 1.82) is 0 Å². The minimum absolute atomic E-state index is 0.00371. The van der Waals surface area contributed by atoms with Gasteiger partial charge in [-0.3, -0.25) is 0 Å². The molecule has 0 radical (unpaired) electrons. The molecule has 1 aliphatic rings. The lowest BCUT2D eigenvalue weighted by atomic mass is 9.87. The second-order valence-corrected chi connectivity index (χ2v) is 12.4. The number of thiazole rings is 1. The summed E-state index contributed by atoms with van der Waals surface area (Å²) in [5.41, 5.74) is 0.755. The van der Waals surface area contributed by atoms with Gasteiger partial charge in [0.1, 0.15) is 34.0 Å². The van der Waals surface area contributed by atoms with Gasteiger partial charge in [0, 0.05) is 23.5 Å². The number of aromatic nitrogens is 4. The summed E-state index contributed by atoms with van der Waals surface area (Å²) in [4.78, 5) is 23.4. The first-order valence-electron chi connectivity index (χ1n) is 13.7. The van der Waals surface area contributed by atoms with Crippen molar-refractivity contribution in [3.63, 3.8) is 0 Å². The quantitative estimate of drug-likeness (QED) is 0.177. The standard InChI is InChI=1S/C31H25F5N4O4S/c1-30(2)15-43-13-24(30)40-23-9-16(29(41)42)6-7-22(23)38-26(40)10-17-8-20(33)18(11-19(17)32)21-4-3-5-27(39-21)44-14-28-37-12-25(45-28)31(34,35)36/h3-9,11-12,24H,10,13-15H2,1-2H3,(H,41,42)/t24-/m1/s1. The van der Waals surface area contributed by atoms with Crippen LogP contribution in [0, 0.1) is 17.0 Å². The zero-order valence-corrected chi connectivity index (χ0v) is 24.7. The van der Waals surface area contributed by atoms with Crippen LogP contribution in [-0.2, 0) is 23.9 Å². The van der Waals surface area contributed by atoms with Crippen LogP contribution in [0.3, 0.4) is 0 Å². The number of imidazole rings is 1. The molecule has 45 heavy (non-hydrogen) atoms. The Bertz CT molecular complexity index is 1920. The first-order valence-corrected chi connectivity index (χ1v) is 14.5. The number of carboxylic acid groups (broad SMARTS) is 1. The van der Waals surface area contributed by atoms with E-state index in [1.165, 1.54) is 30.3 Å². The van der Waals surface area contributed by atoms with Crippen LogP contribution in [0.2, 0.25) is 0 Å². The molecule has 0 unspecified atom stereocenters. The first-order chi connectivity index (χ1) is 21.3. The number of halogens is 5. The molecule has 1 N–H and O–H groups in total. The highest BCUT2D eigenvalue weighted by Crippen LogP contribution is 2.41. The summed E-state index contributed by atoms with van der Waals surface area (Å²) in [6.07, 6.45) is -3.88. The van der Waals surface area contributed by atoms with E-state index in [4.69, 9.17) is 9.47 Å². The molecular weight excluding hydrogens is 619 g/mol. The molecule has 1 atom stereocenters. The Morgan fingerprint density at radius 1 is 1.13 bits per heavy atom. The van der Waals surface area contributed by atoms with Crippen molar-refractivity contribution in [3.8, 4) is 17.1 Å². The summed E-state index contributed by atoms with van der Waals surface area (Å²) in [5, 5.41) is 9.64. The molecular formula is C31H25F5N4O4S. The van der Waals surface area contributed by atoms with Crippen LogP contribution in [0.5, 0.6) is 5.88 Å². The van der Waals surface area contributed by atoms with Gasteiger partial charge in [-0.15, -0.1) is 11.3 Å². The molecule has 6 rings (SSSR count). The van der Waals surface area contributed by atoms with Crippen molar-refractivity contribution in [3.05, 3.63) is 93.2 Å². The molecule has 1 saturated heterocycles. The van der Waals surface area contributed by atoms with Crippen molar-refractivity contribution < 1.29 is 41.3 Å². The number of hydrogen-bond donors (Lipinski definition) is 1. The largest absolute Gasteiger partial charge is 0.478 e. The van der Waals surface area contributed by atoms with E-state index in [2.05, 4.69) is 15.0 Å². The maximum atomic E-state index is 15.6. The molecule has 0 saturated carbocycles. The van der Waals surface area contributed by atoms with Crippen LogP contribution in [-0.4, -0.2) is 43.8 Å². The van der Waals surface area contributed by atoms with Crippen molar-refractivity contribution >= 4 is 28.3 Å². The molecule has 14 heteroatoms. The number of pyridine rings is 1. The predicted octanol–water partition coefficient (Wildman–Crippen LogP) is 7.32.